The molecule has 0 bridgehead atoms. The van der Waals surface area contributed by atoms with Crippen LogP contribution in [0.3, 0.4) is 0 Å². The summed E-state index contributed by atoms with van der Waals surface area (Å²) in [4.78, 5) is 23.7. The zero-order valence-corrected chi connectivity index (χ0v) is 9.40. The summed E-state index contributed by atoms with van der Waals surface area (Å²) in [7, 11) is 1.33. The predicted molar refractivity (Wildman–Crippen MR) is 62.2 cm³/mol. The Morgan fingerprint density at radius 1 is 1.35 bits per heavy atom. The molecule has 17 heavy (non-hydrogen) atoms. The number of rotatable bonds is 1. The first-order chi connectivity index (χ1) is 8.24. The van der Waals surface area contributed by atoms with Crippen LogP contribution < -0.4 is 0 Å². The SMILES string of the molecule is COC(=O)c1c2n(c3ccccc13)CCC2=O. The zero-order chi connectivity index (χ0) is 12.0. The van der Waals surface area contributed by atoms with Gasteiger partial charge < -0.3 is 9.30 Å². The highest BCUT2D eigenvalue weighted by molar-refractivity contribution is 6.15. The third kappa shape index (κ3) is 1.24. The van der Waals surface area contributed by atoms with Crippen LogP contribution in [-0.2, 0) is 11.3 Å². The fraction of sp³-hybridized carbons (Fsp3) is 0.231. The largest absolute Gasteiger partial charge is 0.465 e. The van der Waals surface area contributed by atoms with Gasteiger partial charge in [-0.3, -0.25) is 4.79 Å². The molecule has 0 radical (unpaired) electrons. The van der Waals surface area contributed by atoms with Crippen molar-refractivity contribution in [3.63, 3.8) is 0 Å². The van der Waals surface area contributed by atoms with Crippen LogP contribution in [0.25, 0.3) is 10.9 Å². The number of nitrogens with zero attached hydrogens (tertiary/aromatic N) is 1. The van der Waals surface area contributed by atoms with Gasteiger partial charge >= 0.3 is 5.97 Å². The first kappa shape index (κ1) is 10.1. The average Bonchev–Trinajstić information content (AvgIpc) is 2.87. The van der Waals surface area contributed by atoms with Gasteiger partial charge in [-0.2, -0.15) is 0 Å². The summed E-state index contributed by atoms with van der Waals surface area (Å²) >= 11 is 0. The third-order valence-electron chi connectivity index (χ3n) is 3.19. The molecule has 4 heteroatoms. The number of para-hydroxylation sites is 1. The lowest BCUT2D eigenvalue weighted by molar-refractivity contribution is 0.0599. The van der Waals surface area contributed by atoms with Gasteiger partial charge in [-0.25, -0.2) is 4.79 Å². The molecule has 0 fully saturated rings. The summed E-state index contributed by atoms with van der Waals surface area (Å²) < 4.78 is 6.68. The van der Waals surface area contributed by atoms with Crippen LogP contribution in [0.5, 0.6) is 0 Å². The molecule has 1 aliphatic rings. The van der Waals surface area contributed by atoms with Crippen molar-refractivity contribution in [3.8, 4) is 0 Å². The fourth-order valence-electron chi connectivity index (χ4n) is 2.47. The molecule has 1 aliphatic heterocycles. The second-order valence-corrected chi connectivity index (χ2v) is 4.06. The summed E-state index contributed by atoms with van der Waals surface area (Å²) in [5.74, 6) is -0.424. The number of aromatic nitrogens is 1. The number of methoxy groups -OCH3 is 1. The van der Waals surface area contributed by atoms with Crippen molar-refractivity contribution < 1.29 is 14.3 Å². The van der Waals surface area contributed by atoms with Crippen molar-refractivity contribution in [2.45, 2.75) is 13.0 Å². The van der Waals surface area contributed by atoms with E-state index < -0.39 is 5.97 Å². The van der Waals surface area contributed by atoms with E-state index in [1.807, 2.05) is 28.8 Å². The smallest absolute Gasteiger partial charge is 0.340 e. The molecule has 0 N–H and O–H groups in total. The fourth-order valence-corrected chi connectivity index (χ4v) is 2.47. The van der Waals surface area contributed by atoms with Crippen LogP contribution in [0.4, 0.5) is 0 Å². The minimum absolute atomic E-state index is 0.0154. The summed E-state index contributed by atoms with van der Waals surface area (Å²) in [6, 6.07) is 7.53. The minimum atomic E-state index is -0.440. The second kappa shape index (κ2) is 3.45. The summed E-state index contributed by atoms with van der Waals surface area (Å²) in [6.45, 7) is 0.645. The Morgan fingerprint density at radius 3 is 2.88 bits per heavy atom. The van der Waals surface area contributed by atoms with Crippen molar-refractivity contribution in [2.75, 3.05) is 7.11 Å². The lowest BCUT2D eigenvalue weighted by Gasteiger charge is -1.98. The van der Waals surface area contributed by atoms with E-state index >= 15 is 0 Å². The first-order valence-electron chi connectivity index (χ1n) is 5.46. The van der Waals surface area contributed by atoms with Crippen LogP contribution in [-0.4, -0.2) is 23.4 Å². The average molecular weight is 229 g/mol. The molecule has 0 spiro atoms. The maximum Gasteiger partial charge on any atom is 0.340 e. The van der Waals surface area contributed by atoms with Gasteiger partial charge in [0, 0.05) is 23.9 Å². The molecule has 2 heterocycles. The Morgan fingerprint density at radius 2 is 2.12 bits per heavy atom. The van der Waals surface area contributed by atoms with Gasteiger partial charge in [0.05, 0.1) is 12.7 Å². The molecule has 4 nitrogen and oxygen atoms in total. The molecule has 0 saturated carbocycles. The second-order valence-electron chi connectivity index (χ2n) is 4.06. The lowest BCUT2D eigenvalue weighted by Crippen LogP contribution is -2.07. The summed E-state index contributed by atoms with van der Waals surface area (Å²) in [6.07, 6.45) is 0.462. The maximum absolute atomic E-state index is 11.8. The van der Waals surface area contributed by atoms with Gasteiger partial charge in [-0.1, -0.05) is 18.2 Å². The van der Waals surface area contributed by atoms with E-state index in [0.717, 1.165) is 10.9 Å². The van der Waals surface area contributed by atoms with Crippen molar-refractivity contribution >= 4 is 22.7 Å². The molecule has 0 atom stereocenters. The Bertz CT molecular complexity index is 639. The van der Waals surface area contributed by atoms with Crippen molar-refractivity contribution in [2.24, 2.45) is 0 Å². The number of carbonyl (C=O) groups excluding carboxylic acids is 2. The number of hydrogen-bond donors (Lipinski definition) is 0. The minimum Gasteiger partial charge on any atom is -0.465 e. The van der Waals surface area contributed by atoms with Gasteiger partial charge in [0.15, 0.2) is 5.78 Å². The highest BCUT2D eigenvalue weighted by atomic mass is 16.5. The molecule has 1 aromatic heterocycles. The molecule has 0 unspecified atom stereocenters. The zero-order valence-electron chi connectivity index (χ0n) is 9.40. The van der Waals surface area contributed by atoms with Crippen LogP contribution >= 0.6 is 0 Å². The Balaban J connectivity index is 2.43. The van der Waals surface area contributed by atoms with Crippen molar-refractivity contribution in [1.29, 1.82) is 0 Å². The Labute approximate surface area is 97.8 Å². The quantitative estimate of drug-likeness (QED) is 0.703. The van der Waals surface area contributed by atoms with Gasteiger partial charge in [0.1, 0.15) is 5.69 Å². The topological polar surface area (TPSA) is 48.3 Å². The van der Waals surface area contributed by atoms with E-state index in [0.29, 0.717) is 24.2 Å². The van der Waals surface area contributed by atoms with E-state index in [1.54, 1.807) is 0 Å². The molecular formula is C13H11NO3. The number of benzene rings is 1. The molecule has 86 valence electrons. The van der Waals surface area contributed by atoms with Crippen LogP contribution in [0, 0.1) is 0 Å². The number of ether oxygens (including phenoxy) is 1. The van der Waals surface area contributed by atoms with E-state index in [1.165, 1.54) is 7.11 Å². The lowest BCUT2D eigenvalue weighted by atomic mass is 10.1. The van der Waals surface area contributed by atoms with E-state index in [4.69, 9.17) is 4.74 Å². The predicted octanol–water partition coefficient (Wildman–Crippen LogP) is 2.01. The maximum atomic E-state index is 11.8. The molecule has 2 aromatic rings. The molecular weight excluding hydrogens is 218 g/mol. The molecule has 0 amide bonds. The number of hydrogen-bond acceptors (Lipinski definition) is 3. The Hall–Kier alpha value is -2.10. The summed E-state index contributed by atoms with van der Waals surface area (Å²) in [5, 5.41) is 0.794. The highest BCUT2D eigenvalue weighted by Crippen LogP contribution is 2.31. The van der Waals surface area contributed by atoms with Crippen molar-refractivity contribution in [3.05, 3.63) is 35.5 Å². The molecule has 3 rings (SSSR count). The number of carbonyl (C=O) groups is 2. The molecule has 1 aromatic carbocycles. The standard InChI is InChI=1S/C13H11NO3/c1-17-13(16)11-8-4-2-3-5-9(8)14-7-6-10(15)12(11)14/h2-5H,6-7H2,1H3. The van der Waals surface area contributed by atoms with E-state index in [-0.39, 0.29) is 5.78 Å². The number of Topliss-reactive ketones (excluding diaryl/α,β-unsaturated/α-hetero) is 1. The third-order valence-corrected chi connectivity index (χ3v) is 3.19. The van der Waals surface area contributed by atoms with Gasteiger partial charge in [-0.05, 0) is 6.07 Å². The van der Waals surface area contributed by atoms with E-state index in [2.05, 4.69) is 0 Å². The molecule has 0 aliphatic carbocycles. The molecule has 0 saturated heterocycles. The van der Waals surface area contributed by atoms with Crippen LogP contribution in [0.2, 0.25) is 0 Å². The van der Waals surface area contributed by atoms with E-state index in [9.17, 15) is 9.59 Å². The van der Waals surface area contributed by atoms with Crippen molar-refractivity contribution in [1.82, 2.24) is 4.57 Å². The highest BCUT2D eigenvalue weighted by Gasteiger charge is 2.31. The van der Waals surface area contributed by atoms with Gasteiger partial charge in [0.2, 0.25) is 0 Å². The number of ketones is 1. The first-order valence-corrected chi connectivity index (χ1v) is 5.46. The summed E-state index contributed by atoms with van der Waals surface area (Å²) in [5.41, 5.74) is 1.83. The van der Waals surface area contributed by atoms with Gasteiger partial charge in [-0.15, -0.1) is 0 Å². The van der Waals surface area contributed by atoms with Crippen LogP contribution in [0.15, 0.2) is 24.3 Å². The number of fused-ring (bicyclic) bond motifs is 3. The Kier molecular flexibility index (Phi) is 2.04. The number of aryl methyl sites for hydroxylation is 1. The van der Waals surface area contributed by atoms with Gasteiger partial charge in [0.25, 0.3) is 0 Å². The number of esters is 1. The monoisotopic (exact) mass is 229 g/mol. The van der Waals surface area contributed by atoms with Crippen LogP contribution in [0.1, 0.15) is 27.3 Å². The normalized spacial score (nSPS) is 14.1.